The van der Waals surface area contributed by atoms with Crippen LogP contribution in [0, 0.1) is 12.8 Å². The third-order valence-electron chi connectivity index (χ3n) is 4.33. The van der Waals surface area contributed by atoms with E-state index in [0.29, 0.717) is 11.6 Å². The van der Waals surface area contributed by atoms with Crippen molar-refractivity contribution in [3.63, 3.8) is 0 Å². The first kappa shape index (κ1) is 13.6. The van der Waals surface area contributed by atoms with Gasteiger partial charge in [0.15, 0.2) is 0 Å². The maximum Gasteiger partial charge on any atom is 0.255 e. The molecule has 4 heteroatoms. The van der Waals surface area contributed by atoms with Gasteiger partial charge in [0.25, 0.3) is 5.91 Å². The largest absolute Gasteiger partial charge is 0.338 e. The monoisotopic (exact) mass is 273 g/mol. The molecule has 108 valence electrons. The van der Waals surface area contributed by atoms with Gasteiger partial charge in [-0.3, -0.25) is 9.78 Å². The summed E-state index contributed by atoms with van der Waals surface area (Å²) < 4.78 is 0. The molecule has 1 aliphatic heterocycles. The quantitative estimate of drug-likeness (QED) is 0.912. The second-order valence-corrected chi connectivity index (χ2v) is 6.11. The van der Waals surface area contributed by atoms with Crippen LogP contribution >= 0.6 is 0 Å². The summed E-state index contributed by atoms with van der Waals surface area (Å²) in [5.41, 5.74) is 1.66. The number of carbonyl (C=O) groups is 1. The van der Waals surface area contributed by atoms with E-state index in [1.165, 1.54) is 19.4 Å². The van der Waals surface area contributed by atoms with Crippen LogP contribution in [0.3, 0.4) is 0 Å². The zero-order chi connectivity index (χ0) is 13.9. The van der Waals surface area contributed by atoms with Gasteiger partial charge in [-0.15, -0.1) is 0 Å². The highest BCUT2D eigenvalue weighted by Crippen LogP contribution is 2.28. The molecule has 3 rings (SSSR count). The SMILES string of the molecule is Cc1ccc(C(=O)N2CCC(NCC3CC3)CC2)cn1. The van der Waals surface area contributed by atoms with Crippen molar-refractivity contribution in [2.75, 3.05) is 19.6 Å². The molecule has 1 saturated carbocycles. The number of likely N-dealkylation sites (tertiary alicyclic amines) is 1. The number of amides is 1. The normalized spacial score (nSPS) is 20.1. The molecule has 0 aromatic carbocycles. The lowest BCUT2D eigenvalue weighted by molar-refractivity contribution is 0.0704. The average molecular weight is 273 g/mol. The molecule has 4 nitrogen and oxygen atoms in total. The molecule has 2 heterocycles. The van der Waals surface area contributed by atoms with E-state index < -0.39 is 0 Å². The van der Waals surface area contributed by atoms with Gasteiger partial charge < -0.3 is 10.2 Å². The Bertz CT molecular complexity index is 459. The number of aromatic nitrogens is 1. The maximum absolute atomic E-state index is 12.4. The summed E-state index contributed by atoms with van der Waals surface area (Å²) in [6.07, 6.45) is 6.61. The minimum absolute atomic E-state index is 0.123. The number of piperidine rings is 1. The van der Waals surface area contributed by atoms with Gasteiger partial charge in [0.2, 0.25) is 0 Å². The van der Waals surface area contributed by atoms with Gasteiger partial charge >= 0.3 is 0 Å². The predicted octanol–water partition coefficient (Wildman–Crippen LogP) is 1.99. The van der Waals surface area contributed by atoms with Crippen molar-refractivity contribution in [1.82, 2.24) is 15.2 Å². The maximum atomic E-state index is 12.4. The van der Waals surface area contributed by atoms with Crippen molar-refractivity contribution >= 4 is 5.91 Å². The summed E-state index contributed by atoms with van der Waals surface area (Å²) in [6, 6.07) is 4.37. The average Bonchev–Trinajstić information content (AvgIpc) is 3.30. The van der Waals surface area contributed by atoms with Gasteiger partial charge in [-0.1, -0.05) is 0 Å². The van der Waals surface area contributed by atoms with E-state index >= 15 is 0 Å². The third kappa shape index (κ3) is 3.37. The third-order valence-corrected chi connectivity index (χ3v) is 4.33. The smallest absolute Gasteiger partial charge is 0.255 e. The Hall–Kier alpha value is -1.42. The summed E-state index contributed by atoms with van der Waals surface area (Å²) in [5, 5.41) is 3.64. The predicted molar refractivity (Wildman–Crippen MR) is 78.6 cm³/mol. The highest BCUT2D eigenvalue weighted by Gasteiger charge is 2.26. The van der Waals surface area contributed by atoms with E-state index in [4.69, 9.17) is 0 Å². The lowest BCUT2D eigenvalue weighted by Crippen LogP contribution is -2.45. The van der Waals surface area contributed by atoms with E-state index in [2.05, 4.69) is 10.3 Å². The lowest BCUT2D eigenvalue weighted by atomic mass is 10.0. The minimum atomic E-state index is 0.123. The Morgan fingerprint density at radius 1 is 1.30 bits per heavy atom. The molecule has 1 aromatic rings. The number of pyridine rings is 1. The molecule has 20 heavy (non-hydrogen) atoms. The van der Waals surface area contributed by atoms with Crippen LogP contribution in [0.15, 0.2) is 18.3 Å². The molecule has 2 aliphatic rings. The lowest BCUT2D eigenvalue weighted by Gasteiger charge is -2.32. The highest BCUT2D eigenvalue weighted by molar-refractivity contribution is 5.93. The molecule has 0 unspecified atom stereocenters. The van der Waals surface area contributed by atoms with Crippen molar-refractivity contribution < 1.29 is 4.79 Å². The summed E-state index contributed by atoms with van der Waals surface area (Å²) in [5.74, 6) is 1.05. The Balaban J connectivity index is 1.49. The molecular weight excluding hydrogens is 250 g/mol. The van der Waals surface area contributed by atoms with Crippen molar-refractivity contribution in [3.05, 3.63) is 29.6 Å². The molecule has 2 fully saturated rings. The summed E-state index contributed by atoms with van der Waals surface area (Å²) >= 11 is 0. The Kier molecular flexibility index (Phi) is 4.01. The summed E-state index contributed by atoms with van der Waals surface area (Å²) in [6.45, 7) is 4.82. The van der Waals surface area contributed by atoms with E-state index in [-0.39, 0.29) is 5.91 Å². The van der Waals surface area contributed by atoms with Gasteiger partial charge in [-0.2, -0.15) is 0 Å². The Morgan fingerprint density at radius 2 is 2.05 bits per heavy atom. The van der Waals surface area contributed by atoms with Crippen LogP contribution in [0.25, 0.3) is 0 Å². The van der Waals surface area contributed by atoms with E-state index in [9.17, 15) is 4.79 Å². The Labute approximate surface area is 120 Å². The van der Waals surface area contributed by atoms with Crippen molar-refractivity contribution in [3.8, 4) is 0 Å². The fourth-order valence-electron chi connectivity index (χ4n) is 2.72. The number of hydrogen-bond donors (Lipinski definition) is 1. The first-order chi connectivity index (χ1) is 9.72. The standard InChI is InChI=1S/C16H23N3O/c1-12-2-5-14(11-17-12)16(20)19-8-6-15(7-9-19)18-10-13-3-4-13/h2,5,11,13,15,18H,3-4,6-10H2,1H3. The van der Waals surface area contributed by atoms with Crippen LogP contribution in [-0.4, -0.2) is 41.5 Å². The number of nitrogens with zero attached hydrogens (tertiary/aromatic N) is 2. The summed E-state index contributed by atoms with van der Waals surface area (Å²) in [7, 11) is 0. The van der Waals surface area contributed by atoms with E-state index in [1.807, 2.05) is 24.0 Å². The van der Waals surface area contributed by atoms with Crippen molar-refractivity contribution in [1.29, 1.82) is 0 Å². The van der Waals surface area contributed by atoms with Gasteiger partial charge in [-0.25, -0.2) is 0 Å². The number of aryl methyl sites for hydroxylation is 1. The van der Waals surface area contributed by atoms with Gasteiger partial charge in [-0.05, 0) is 57.2 Å². The number of rotatable bonds is 4. The summed E-state index contributed by atoms with van der Waals surface area (Å²) in [4.78, 5) is 18.5. The highest BCUT2D eigenvalue weighted by atomic mass is 16.2. The second kappa shape index (κ2) is 5.92. The van der Waals surface area contributed by atoms with Crippen molar-refractivity contribution in [2.24, 2.45) is 5.92 Å². The van der Waals surface area contributed by atoms with Crippen LogP contribution in [0.5, 0.6) is 0 Å². The molecule has 0 radical (unpaired) electrons. The van der Waals surface area contributed by atoms with Gasteiger partial charge in [0.05, 0.1) is 5.56 Å². The molecule has 1 aliphatic carbocycles. The fraction of sp³-hybridized carbons (Fsp3) is 0.625. The zero-order valence-electron chi connectivity index (χ0n) is 12.1. The molecule has 0 atom stereocenters. The minimum Gasteiger partial charge on any atom is -0.338 e. The molecule has 1 aromatic heterocycles. The van der Waals surface area contributed by atoms with E-state index in [0.717, 1.165) is 37.5 Å². The Morgan fingerprint density at radius 3 is 2.65 bits per heavy atom. The van der Waals surface area contributed by atoms with Crippen molar-refractivity contribution in [2.45, 2.75) is 38.6 Å². The fourth-order valence-corrected chi connectivity index (χ4v) is 2.72. The number of nitrogens with one attached hydrogen (secondary N) is 1. The molecule has 1 amide bonds. The van der Waals surface area contributed by atoms with Crippen LogP contribution < -0.4 is 5.32 Å². The number of carbonyl (C=O) groups excluding carboxylic acids is 1. The van der Waals surface area contributed by atoms with E-state index in [1.54, 1.807) is 6.20 Å². The second-order valence-electron chi connectivity index (χ2n) is 6.11. The van der Waals surface area contributed by atoms with Crippen LogP contribution in [0.1, 0.15) is 41.7 Å². The van der Waals surface area contributed by atoms with Gasteiger partial charge in [0.1, 0.15) is 0 Å². The van der Waals surface area contributed by atoms with Crippen LogP contribution in [0.2, 0.25) is 0 Å². The topological polar surface area (TPSA) is 45.2 Å². The first-order valence-corrected chi connectivity index (χ1v) is 7.67. The number of hydrogen-bond acceptors (Lipinski definition) is 3. The van der Waals surface area contributed by atoms with Crippen LogP contribution in [-0.2, 0) is 0 Å². The molecular formula is C16H23N3O. The molecule has 1 N–H and O–H groups in total. The molecule has 1 saturated heterocycles. The molecule has 0 bridgehead atoms. The zero-order valence-corrected chi connectivity index (χ0v) is 12.1. The van der Waals surface area contributed by atoms with Gasteiger partial charge in [0, 0.05) is 31.0 Å². The van der Waals surface area contributed by atoms with Crippen LogP contribution in [0.4, 0.5) is 0 Å². The first-order valence-electron chi connectivity index (χ1n) is 7.67. The molecule has 0 spiro atoms.